The molecule has 2 rings (SSSR count). The van der Waals surface area contributed by atoms with Gasteiger partial charge in [0.1, 0.15) is 5.69 Å². The fourth-order valence-electron chi connectivity index (χ4n) is 1.70. The number of aliphatic hydroxyl groups excluding tert-OH is 1. The first-order valence-corrected chi connectivity index (χ1v) is 6.95. The van der Waals surface area contributed by atoms with Gasteiger partial charge in [-0.25, -0.2) is 0 Å². The predicted molar refractivity (Wildman–Crippen MR) is 77.8 cm³/mol. The second-order valence-electron chi connectivity index (χ2n) is 4.20. The van der Waals surface area contributed by atoms with E-state index in [4.69, 9.17) is 5.11 Å². The summed E-state index contributed by atoms with van der Waals surface area (Å²) in [7, 11) is 0. The molecule has 0 spiro atoms. The Balaban J connectivity index is 2.08. The molecule has 0 aliphatic carbocycles. The lowest BCUT2D eigenvalue weighted by atomic mass is 10.2. The molecule has 2 N–H and O–H groups in total. The Morgan fingerprint density at radius 2 is 2.35 bits per heavy atom. The minimum atomic E-state index is -0.563. The molecule has 6 nitrogen and oxygen atoms in total. The van der Waals surface area contributed by atoms with Crippen molar-refractivity contribution in [2.75, 3.05) is 11.9 Å². The van der Waals surface area contributed by atoms with Gasteiger partial charge in [0.25, 0.3) is 0 Å². The fourth-order valence-corrected chi connectivity index (χ4v) is 2.10. The van der Waals surface area contributed by atoms with Gasteiger partial charge in [-0.05, 0) is 24.6 Å². The molecule has 0 radical (unpaired) electrons. The maximum Gasteiger partial charge on any atom is 0.160 e. The van der Waals surface area contributed by atoms with Crippen LogP contribution in [0.25, 0.3) is 0 Å². The van der Waals surface area contributed by atoms with E-state index in [1.807, 2.05) is 24.3 Å². The topological polar surface area (TPSA) is 86.8 Å². The maximum absolute atomic E-state index is 9.25. The van der Waals surface area contributed by atoms with Gasteiger partial charge in [0.15, 0.2) is 6.04 Å². The first kappa shape index (κ1) is 14.5. The quantitative estimate of drug-likeness (QED) is 0.844. The molecule has 0 amide bonds. The maximum atomic E-state index is 9.25. The van der Waals surface area contributed by atoms with Crippen molar-refractivity contribution in [3.8, 4) is 6.07 Å². The van der Waals surface area contributed by atoms with Crippen LogP contribution in [-0.2, 0) is 6.54 Å². The summed E-state index contributed by atoms with van der Waals surface area (Å²) in [5.74, 6) is 0. The molecule has 0 fully saturated rings. The van der Waals surface area contributed by atoms with Gasteiger partial charge >= 0.3 is 0 Å². The average Bonchev–Trinajstić information content (AvgIpc) is 2.91. The number of nitrogens with one attached hydrogen (secondary N) is 1. The second-order valence-corrected chi connectivity index (χ2v) is 5.12. The van der Waals surface area contributed by atoms with E-state index in [2.05, 4.69) is 37.6 Å². The van der Waals surface area contributed by atoms with Crippen LogP contribution in [0.2, 0.25) is 0 Å². The van der Waals surface area contributed by atoms with E-state index < -0.39 is 6.04 Å². The van der Waals surface area contributed by atoms with E-state index in [1.54, 1.807) is 10.9 Å². The van der Waals surface area contributed by atoms with Crippen molar-refractivity contribution in [2.24, 2.45) is 0 Å². The Kier molecular flexibility index (Phi) is 5.09. The summed E-state index contributed by atoms with van der Waals surface area (Å²) in [6.07, 6.45) is 2.33. The number of hydrogen-bond donors (Lipinski definition) is 2. The molecule has 1 aromatic heterocycles. The molecule has 2 aromatic rings. The lowest BCUT2D eigenvalue weighted by Gasteiger charge is -2.10. The highest BCUT2D eigenvalue weighted by atomic mass is 79.9. The SMILES string of the molecule is N#CC(Nc1cccc(Br)c1)c1cn(CCCO)nn1. The molecule has 1 atom stereocenters. The Morgan fingerprint density at radius 1 is 1.50 bits per heavy atom. The predicted octanol–water partition coefficient (Wildman–Crippen LogP) is 2.10. The van der Waals surface area contributed by atoms with Crippen LogP contribution in [-0.4, -0.2) is 26.7 Å². The molecule has 7 heteroatoms. The molecule has 1 unspecified atom stereocenters. The number of rotatable bonds is 6. The van der Waals surface area contributed by atoms with E-state index in [0.29, 0.717) is 18.7 Å². The number of benzene rings is 1. The van der Waals surface area contributed by atoms with Crippen LogP contribution in [0.3, 0.4) is 0 Å². The van der Waals surface area contributed by atoms with Crippen LogP contribution >= 0.6 is 15.9 Å². The summed E-state index contributed by atoms with van der Waals surface area (Å²) in [4.78, 5) is 0. The Hall–Kier alpha value is -1.91. The molecule has 0 bridgehead atoms. The number of aromatic nitrogens is 3. The highest BCUT2D eigenvalue weighted by molar-refractivity contribution is 9.10. The smallest absolute Gasteiger partial charge is 0.160 e. The van der Waals surface area contributed by atoms with Crippen molar-refractivity contribution in [1.82, 2.24) is 15.0 Å². The molecule has 0 aliphatic heterocycles. The Morgan fingerprint density at radius 3 is 3.05 bits per heavy atom. The summed E-state index contributed by atoms with van der Waals surface area (Å²) in [5.41, 5.74) is 1.39. The van der Waals surface area contributed by atoms with Gasteiger partial charge < -0.3 is 10.4 Å². The molecule has 20 heavy (non-hydrogen) atoms. The molecular weight excluding hydrogens is 322 g/mol. The third-order valence-corrected chi connectivity index (χ3v) is 3.16. The van der Waals surface area contributed by atoms with Crippen LogP contribution in [0.5, 0.6) is 0 Å². The largest absolute Gasteiger partial charge is 0.396 e. The van der Waals surface area contributed by atoms with Gasteiger partial charge in [-0.2, -0.15) is 5.26 Å². The summed E-state index contributed by atoms with van der Waals surface area (Å²) in [6, 6.07) is 9.17. The van der Waals surface area contributed by atoms with Crippen LogP contribution < -0.4 is 5.32 Å². The Bertz CT molecular complexity index is 607. The molecule has 1 heterocycles. The van der Waals surface area contributed by atoms with Gasteiger partial charge in [-0.1, -0.05) is 27.2 Å². The zero-order valence-electron chi connectivity index (χ0n) is 10.7. The van der Waals surface area contributed by atoms with Gasteiger partial charge in [-0.3, -0.25) is 4.68 Å². The lowest BCUT2D eigenvalue weighted by Crippen LogP contribution is -2.09. The van der Waals surface area contributed by atoms with Crippen LogP contribution in [0, 0.1) is 11.3 Å². The molecule has 104 valence electrons. The molecule has 0 saturated carbocycles. The number of aryl methyl sites for hydroxylation is 1. The average molecular weight is 336 g/mol. The summed E-state index contributed by atoms with van der Waals surface area (Å²) in [5, 5.41) is 29.1. The van der Waals surface area contributed by atoms with Gasteiger partial charge in [0, 0.05) is 23.3 Å². The first-order valence-electron chi connectivity index (χ1n) is 6.15. The summed E-state index contributed by atoms with van der Waals surface area (Å²) in [6.45, 7) is 0.686. The number of nitriles is 1. The minimum absolute atomic E-state index is 0.104. The van der Waals surface area contributed by atoms with Gasteiger partial charge in [0.05, 0.1) is 12.3 Å². The summed E-state index contributed by atoms with van der Waals surface area (Å²) >= 11 is 3.38. The van der Waals surface area contributed by atoms with Crippen LogP contribution in [0.1, 0.15) is 18.2 Å². The fraction of sp³-hybridized carbons (Fsp3) is 0.308. The van der Waals surface area contributed by atoms with E-state index >= 15 is 0 Å². The first-order chi connectivity index (χ1) is 9.72. The number of anilines is 1. The number of aliphatic hydroxyl groups is 1. The highest BCUT2D eigenvalue weighted by Crippen LogP contribution is 2.20. The van der Waals surface area contributed by atoms with Gasteiger partial charge in [0.2, 0.25) is 0 Å². The zero-order valence-corrected chi connectivity index (χ0v) is 12.3. The van der Waals surface area contributed by atoms with Crippen molar-refractivity contribution < 1.29 is 5.11 Å². The van der Waals surface area contributed by atoms with Crippen molar-refractivity contribution in [3.05, 3.63) is 40.6 Å². The third kappa shape index (κ3) is 3.79. The second kappa shape index (κ2) is 7.03. The van der Waals surface area contributed by atoms with Crippen molar-refractivity contribution in [2.45, 2.75) is 19.0 Å². The number of hydrogen-bond acceptors (Lipinski definition) is 5. The van der Waals surface area contributed by atoms with E-state index in [9.17, 15) is 5.26 Å². The minimum Gasteiger partial charge on any atom is -0.396 e. The van der Waals surface area contributed by atoms with Crippen molar-refractivity contribution in [3.63, 3.8) is 0 Å². The normalized spacial score (nSPS) is 11.8. The highest BCUT2D eigenvalue weighted by Gasteiger charge is 2.14. The lowest BCUT2D eigenvalue weighted by molar-refractivity contribution is 0.276. The van der Waals surface area contributed by atoms with Crippen LogP contribution in [0.15, 0.2) is 34.9 Å². The van der Waals surface area contributed by atoms with Crippen molar-refractivity contribution >= 4 is 21.6 Å². The zero-order chi connectivity index (χ0) is 14.4. The number of nitrogens with zero attached hydrogens (tertiary/aromatic N) is 4. The molecule has 0 aliphatic rings. The van der Waals surface area contributed by atoms with E-state index in [1.165, 1.54) is 0 Å². The van der Waals surface area contributed by atoms with Gasteiger partial charge in [-0.15, -0.1) is 5.10 Å². The third-order valence-electron chi connectivity index (χ3n) is 2.66. The molecule has 1 aromatic carbocycles. The van der Waals surface area contributed by atoms with Crippen molar-refractivity contribution in [1.29, 1.82) is 5.26 Å². The molecule has 0 saturated heterocycles. The monoisotopic (exact) mass is 335 g/mol. The molecular formula is C13H14BrN5O. The van der Waals surface area contributed by atoms with E-state index in [0.717, 1.165) is 10.2 Å². The van der Waals surface area contributed by atoms with E-state index in [-0.39, 0.29) is 6.61 Å². The Labute approximate surface area is 125 Å². The standard InChI is InChI=1S/C13H14BrN5O/c14-10-3-1-4-11(7-10)16-12(8-15)13-9-19(18-17-13)5-2-6-20/h1,3-4,7,9,12,16,20H,2,5-6H2. The van der Waals surface area contributed by atoms with Crippen LogP contribution in [0.4, 0.5) is 5.69 Å². The number of halogens is 1. The summed E-state index contributed by atoms with van der Waals surface area (Å²) < 4.78 is 2.56.